The van der Waals surface area contributed by atoms with Gasteiger partial charge in [-0.05, 0) is 43.2 Å². The van der Waals surface area contributed by atoms with Crippen LogP contribution >= 0.6 is 0 Å². The molecule has 2 aromatic carbocycles. The van der Waals surface area contributed by atoms with Gasteiger partial charge in [-0.25, -0.2) is 21.9 Å². The maximum absolute atomic E-state index is 14.1. The van der Waals surface area contributed by atoms with Gasteiger partial charge in [0.15, 0.2) is 0 Å². The van der Waals surface area contributed by atoms with Crippen LogP contribution in [0.4, 0.5) is 14.5 Å². The Labute approximate surface area is 137 Å². The zero-order valence-corrected chi connectivity index (χ0v) is 13.2. The molecule has 0 spiro atoms. The molecule has 0 atom stereocenters. The van der Waals surface area contributed by atoms with Crippen molar-refractivity contribution in [1.29, 1.82) is 0 Å². The van der Waals surface area contributed by atoms with Gasteiger partial charge in [0, 0.05) is 6.04 Å². The summed E-state index contributed by atoms with van der Waals surface area (Å²) in [4.78, 5) is 11.7. The van der Waals surface area contributed by atoms with Crippen molar-refractivity contribution in [3.8, 4) is 0 Å². The summed E-state index contributed by atoms with van der Waals surface area (Å²) in [6.45, 7) is 0. The molecule has 126 valence electrons. The first-order valence-electron chi connectivity index (χ1n) is 7.24. The average Bonchev–Trinajstić information content (AvgIpc) is 3.32. The van der Waals surface area contributed by atoms with Gasteiger partial charge < -0.3 is 5.32 Å². The fourth-order valence-electron chi connectivity index (χ4n) is 2.09. The molecule has 0 aliphatic heterocycles. The zero-order valence-electron chi connectivity index (χ0n) is 12.4. The molecule has 0 unspecified atom stereocenters. The van der Waals surface area contributed by atoms with Crippen LogP contribution in [0.3, 0.4) is 0 Å². The van der Waals surface area contributed by atoms with Crippen molar-refractivity contribution >= 4 is 21.6 Å². The zero-order chi connectivity index (χ0) is 17.3. The lowest BCUT2D eigenvalue weighted by Crippen LogP contribution is -2.25. The smallest absolute Gasteiger partial charge is 0.258 e. The molecule has 2 aromatic rings. The van der Waals surface area contributed by atoms with Gasteiger partial charge in [-0.1, -0.05) is 12.1 Å². The Morgan fingerprint density at radius 3 is 2.38 bits per heavy atom. The third-order valence-electron chi connectivity index (χ3n) is 3.52. The van der Waals surface area contributed by atoms with Crippen molar-refractivity contribution in [3.05, 3.63) is 59.7 Å². The molecule has 0 heterocycles. The van der Waals surface area contributed by atoms with Gasteiger partial charge >= 0.3 is 0 Å². The van der Waals surface area contributed by atoms with E-state index >= 15 is 0 Å². The molecule has 2 N–H and O–H groups in total. The number of anilines is 1. The highest BCUT2D eigenvalue weighted by Gasteiger charge is 2.28. The Balaban J connectivity index is 1.80. The van der Waals surface area contributed by atoms with Crippen molar-refractivity contribution in [1.82, 2.24) is 4.72 Å². The molecule has 1 saturated carbocycles. The highest BCUT2D eigenvalue weighted by atomic mass is 32.2. The second-order valence-electron chi connectivity index (χ2n) is 5.47. The van der Waals surface area contributed by atoms with Gasteiger partial charge in [0.2, 0.25) is 10.0 Å². The monoisotopic (exact) mass is 352 g/mol. The van der Waals surface area contributed by atoms with E-state index in [-0.39, 0.29) is 22.2 Å². The van der Waals surface area contributed by atoms with Crippen LogP contribution in [0.5, 0.6) is 0 Å². The molecule has 0 saturated heterocycles. The fourth-order valence-corrected chi connectivity index (χ4v) is 3.40. The Hall–Kier alpha value is -2.32. The van der Waals surface area contributed by atoms with E-state index in [0.717, 1.165) is 31.0 Å². The molecule has 0 bridgehead atoms. The van der Waals surface area contributed by atoms with Gasteiger partial charge in [0.1, 0.15) is 11.6 Å². The highest BCUT2D eigenvalue weighted by Crippen LogP contribution is 2.24. The summed E-state index contributed by atoms with van der Waals surface area (Å²) in [6.07, 6.45) is 1.52. The van der Waals surface area contributed by atoms with Crippen LogP contribution in [0.25, 0.3) is 0 Å². The van der Waals surface area contributed by atoms with Crippen LogP contribution in [0.15, 0.2) is 47.4 Å². The molecule has 1 amide bonds. The van der Waals surface area contributed by atoms with Gasteiger partial charge in [-0.3, -0.25) is 4.79 Å². The summed E-state index contributed by atoms with van der Waals surface area (Å²) in [7, 11) is -3.79. The average molecular weight is 352 g/mol. The maximum Gasteiger partial charge on any atom is 0.258 e. The second-order valence-corrected chi connectivity index (χ2v) is 7.19. The number of carbonyl (C=O) groups is 1. The standard InChI is InChI=1S/C16H14F2N2O3S/c17-13-4-2-1-3-12(13)16(21)19-15-8-7-11(9-14(15)18)24(22,23)20-10-5-6-10/h1-4,7-10,20H,5-6H2,(H,19,21). The van der Waals surface area contributed by atoms with Gasteiger partial charge in [0.05, 0.1) is 16.1 Å². The summed E-state index contributed by atoms with van der Waals surface area (Å²) in [5.41, 5.74) is -0.461. The van der Waals surface area contributed by atoms with E-state index in [0.29, 0.717) is 0 Å². The van der Waals surface area contributed by atoms with Crippen molar-refractivity contribution in [3.63, 3.8) is 0 Å². The van der Waals surface area contributed by atoms with Crippen LogP contribution < -0.4 is 10.0 Å². The Morgan fingerprint density at radius 1 is 1.04 bits per heavy atom. The van der Waals surface area contributed by atoms with Crippen molar-refractivity contribution in [2.45, 2.75) is 23.8 Å². The van der Waals surface area contributed by atoms with Crippen LogP contribution in [-0.4, -0.2) is 20.4 Å². The Bertz CT molecular complexity index is 896. The quantitative estimate of drug-likeness (QED) is 0.869. The largest absolute Gasteiger partial charge is 0.319 e. The SMILES string of the molecule is O=C(Nc1ccc(S(=O)(=O)NC2CC2)cc1F)c1ccccc1F. The molecule has 24 heavy (non-hydrogen) atoms. The number of nitrogens with one attached hydrogen (secondary N) is 2. The lowest BCUT2D eigenvalue weighted by molar-refractivity contribution is 0.102. The molecular formula is C16H14F2N2O3S. The van der Waals surface area contributed by atoms with Crippen LogP contribution in [0, 0.1) is 11.6 Å². The van der Waals surface area contributed by atoms with Crippen molar-refractivity contribution < 1.29 is 22.0 Å². The number of hydrogen-bond acceptors (Lipinski definition) is 3. The molecule has 5 nitrogen and oxygen atoms in total. The number of rotatable bonds is 5. The second kappa shape index (κ2) is 6.29. The van der Waals surface area contributed by atoms with Crippen molar-refractivity contribution in [2.75, 3.05) is 5.32 Å². The first-order valence-corrected chi connectivity index (χ1v) is 8.73. The predicted octanol–water partition coefficient (Wildman–Crippen LogP) is 2.66. The summed E-state index contributed by atoms with van der Waals surface area (Å²) >= 11 is 0. The van der Waals surface area contributed by atoms with E-state index in [1.165, 1.54) is 24.3 Å². The summed E-state index contributed by atoms with van der Waals surface area (Å²) in [6, 6.07) is 8.33. The molecule has 8 heteroatoms. The third-order valence-corrected chi connectivity index (χ3v) is 5.03. The molecular weight excluding hydrogens is 338 g/mol. The highest BCUT2D eigenvalue weighted by molar-refractivity contribution is 7.89. The summed E-state index contributed by atoms with van der Waals surface area (Å²) < 4.78 is 54.1. The first-order chi connectivity index (χ1) is 11.4. The van der Waals surface area contributed by atoms with E-state index in [1.807, 2.05) is 0 Å². The molecule has 1 aliphatic rings. The predicted molar refractivity (Wildman–Crippen MR) is 84.1 cm³/mol. The summed E-state index contributed by atoms with van der Waals surface area (Å²) in [5, 5.41) is 2.23. The molecule has 0 aromatic heterocycles. The lowest BCUT2D eigenvalue weighted by atomic mass is 10.2. The maximum atomic E-state index is 14.1. The fraction of sp³-hybridized carbons (Fsp3) is 0.188. The number of benzene rings is 2. The normalized spacial score (nSPS) is 14.4. The van der Waals surface area contributed by atoms with Crippen LogP contribution in [0.1, 0.15) is 23.2 Å². The van der Waals surface area contributed by atoms with E-state index in [9.17, 15) is 22.0 Å². The minimum Gasteiger partial charge on any atom is -0.319 e. The lowest BCUT2D eigenvalue weighted by Gasteiger charge is -2.10. The Morgan fingerprint density at radius 2 is 1.75 bits per heavy atom. The summed E-state index contributed by atoms with van der Waals surface area (Å²) in [5.74, 6) is -2.47. The minimum atomic E-state index is -3.79. The van der Waals surface area contributed by atoms with Crippen LogP contribution in [0.2, 0.25) is 0 Å². The van der Waals surface area contributed by atoms with E-state index in [1.54, 1.807) is 0 Å². The topological polar surface area (TPSA) is 75.3 Å². The number of hydrogen-bond donors (Lipinski definition) is 2. The molecule has 1 fully saturated rings. The van der Waals surface area contributed by atoms with E-state index in [4.69, 9.17) is 0 Å². The van der Waals surface area contributed by atoms with E-state index in [2.05, 4.69) is 10.0 Å². The number of halogens is 2. The third kappa shape index (κ3) is 3.60. The van der Waals surface area contributed by atoms with Gasteiger partial charge in [0.25, 0.3) is 5.91 Å². The van der Waals surface area contributed by atoms with E-state index < -0.39 is 27.6 Å². The molecule has 1 aliphatic carbocycles. The number of sulfonamides is 1. The van der Waals surface area contributed by atoms with Crippen LogP contribution in [-0.2, 0) is 10.0 Å². The van der Waals surface area contributed by atoms with Gasteiger partial charge in [-0.15, -0.1) is 0 Å². The number of amides is 1. The molecule has 0 radical (unpaired) electrons. The Kier molecular flexibility index (Phi) is 4.33. The minimum absolute atomic E-state index is 0.0986. The molecule has 3 rings (SSSR count). The van der Waals surface area contributed by atoms with Gasteiger partial charge in [-0.2, -0.15) is 0 Å². The van der Waals surface area contributed by atoms with Crippen molar-refractivity contribution in [2.24, 2.45) is 0 Å². The number of carbonyl (C=O) groups excluding carboxylic acids is 1. The first kappa shape index (κ1) is 16.5.